The van der Waals surface area contributed by atoms with E-state index in [1.165, 1.54) is 5.69 Å². The first-order valence-corrected chi connectivity index (χ1v) is 4.51. The van der Waals surface area contributed by atoms with Crippen LogP contribution in [0.25, 0.3) is 0 Å². The summed E-state index contributed by atoms with van der Waals surface area (Å²) in [5.74, 6) is 0.907. The molecule has 0 aromatic carbocycles. The zero-order valence-corrected chi connectivity index (χ0v) is 8.70. The molecule has 0 spiro atoms. The molecule has 1 aromatic rings. The third-order valence-electron chi connectivity index (χ3n) is 2.18. The summed E-state index contributed by atoms with van der Waals surface area (Å²) in [6, 6.07) is 4.56. The van der Waals surface area contributed by atoms with Gasteiger partial charge in [-0.2, -0.15) is 0 Å². The van der Waals surface area contributed by atoms with Crippen LogP contribution in [0.1, 0.15) is 13.8 Å². The highest BCUT2D eigenvalue weighted by molar-refractivity contribution is 5.53. The summed E-state index contributed by atoms with van der Waals surface area (Å²) in [6.07, 6.45) is 1.82. The van der Waals surface area contributed by atoms with Crippen LogP contribution in [0, 0.1) is 0 Å². The van der Waals surface area contributed by atoms with Crippen molar-refractivity contribution < 1.29 is 0 Å². The van der Waals surface area contributed by atoms with Crippen LogP contribution >= 0.6 is 0 Å². The topological polar surface area (TPSA) is 28.2 Å². The highest BCUT2D eigenvalue weighted by Crippen LogP contribution is 2.17. The first-order chi connectivity index (χ1) is 6.15. The van der Waals surface area contributed by atoms with E-state index in [-0.39, 0.29) is 0 Å². The summed E-state index contributed by atoms with van der Waals surface area (Å²) in [6.45, 7) is 4.33. The zero-order valence-electron chi connectivity index (χ0n) is 8.70. The minimum absolute atomic E-state index is 0.507. The van der Waals surface area contributed by atoms with E-state index in [0.29, 0.717) is 6.04 Å². The summed E-state index contributed by atoms with van der Waals surface area (Å²) < 4.78 is 0. The number of nitrogens with one attached hydrogen (secondary N) is 1. The SMILES string of the molecule is CNc1cc(N(C)C(C)C)ccn1. The van der Waals surface area contributed by atoms with Gasteiger partial charge in [0.05, 0.1) is 0 Å². The maximum Gasteiger partial charge on any atom is 0.127 e. The van der Waals surface area contributed by atoms with Crippen molar-refractivity contribution in [2.75, 3.05) is 24.3 Å². The summed E-state index contributed by atoms with van der Waals surface area (Å²) in [5.41, 5.74) is 1.19. The van der Waals surface area contributed by atoms with E-state index in [9.17, 15) is 0 Å². The normalized spacial score (nSPS) is 10.2. The Morgan fingerprint density at radius 3 is 2.69 bits per heavy atom. The first-order valence-electron chi connectivity index (χ1n) is 4.51. The standard InChI is InChI=1S/C10H17N3/c1-8(2)13(4)9-5-6-12-10(7-9)11-3/h5-8H,1-4H3,(H,11,12). The molecule has 0 fully saturated rings. The molecule has 0 aliphatic carbocycles. The first kappa shape index (κ1) is 9.84. The van der Waals surface area contributed by atoms with E-state index >= 15 is 0 Å². The number of pyridine rings is 1. The molecule has 0 amide bonds. The van der Waals surface area contributed by atoms with Crippen molar-refractivity contribution in [1.29, 1.82) is 0 Å². The van der Waals surface area contributed by atoms with E-state index in [1.807, 2.05) is 25.4 Å². The van der Waals surface area contributed by atoms with Gasteiger partial charge < -0.3 is 10.2 Å². The lowest BCUT2D eigenvalue weighted by molar-refractivity contribution is 0.754. The smallest absolute Gasteiger partial charge is 0.127 e. The van der Waals surface area contributed by atoms with Crippen LogP contribution in [0.4, 0.5) is 11.5 Å². The Bertz CT molecular complexity index is 271. The molecule has 0 aliphatic rings. The number of hydrogen-bond donors (Lipinski definition) is 1. The number of rotatable bonds is 3. The Kier molecular flexibility index (Phi) is 3.12. The fourth-order valence-corrected chi connectivity index (χ4v) is 1.07. The molecule has 0 aliphatic heterocycles. The van der Waals surface area contributed by atoms with Crippen molar-refractivity contribution in [2.45, 2.75) is 19.9 Å². The maximum absolute atomic E-state index is 4.16. The van der Waals surface area contributed by atoms with Crippen molar-refractivity contribution in [3.8, 4) is 0 Å². The van der Waals surface area contributed by atoms with E-state index in [2.05, 4.69) is 36.1 Å². The number of nitrogens with zero attached hydrogens (tertiary/aromatic N) is 2. The fourth-order valence-electron chi connectivity index (χ4n) is 1.07. The summed E-state index contributed by atoms with van der Waals surface area (Å²) in [5, 5.41) is 3.02. The molecule has 0 bridgehead atoms. The lowest BCUT2D eigenvalue weighted by Crippen LogP contribution is -2.25. The molecule has 1 heterocycles. The maximum atomic E-state index is 4.16. The summed E-state index contributed by atoms with van der Waals surface area (Å²) in [7, 11) is 3.96. The average molecular weight is 179 g/mol. The molecule has 0 saturated carbocycles. The number of hydrogen-bond acceptors (Lipinski definition) is 3. The highest BCUT2D eigenvalue weighted by atomic mass is 15.1. The van der Waals surface area contributed by atoms with Crippen LogP contribution in [0.15, 0.2) is 18.3 Å². The fraction of sp³-hybridized carbons (Fsp3) is 0.500. The van der Waals surface area contributed by atoms with Gasteiger partial charge in [0, 0.05) is 38.1 Å². The summed E-state index contributed by atoms with van der Waals surface area (Å²) >= 11 is 0. The predicted molar refractivity (Wildman–Crippen MR) is 57.3 cm³/mol. The van der Waals surface area contributed by atoms with Crippen molar-refractivity contribution in [3.63, 3.8) is 0 Å². The van der Waals surface area contributed by atoms with E-state index in [1.54, 1.807) is 0 Å². The second kappa shape index (κ2) is 4.12. The largest absolute Gasteiger partial charge is 0.373 e. The van der Waals surface area contributed by atoms with E-state index in [4.69, 9.17) is 0 Å². The Morgan fingerprint density at radius 2 is 2.15 bits per heavy atom. The second-order valence-corrected chi connectivity index (χ2v) is 3.35. The van der Waals surface area contributed by atoms with Gasteiger partial charge in [0.2, 0.25) is 0 Å². The third kappa shape index (κ3) is 2.34. The highest BCUT2D eigenvalue weighted by Gasteiger charge is 2.04. The third-order valence-corrected chi connectivity index (χ3v) is 2.18. The summed E-state index contributed by atoms with van der Waals surface area (Å²) in [4.78, 5) is 6.37. The van der Waals surface area contributed by atoms with E-state index in [0.717, 1.165) is 5.82 Å². The van der Waals surface area contributed by atoms with Gasteiger partial charge in [0.1, 0.15) is 5.82 Å². The van der Waals surface area contributed by atoms with Gasteiger partial charge in [-0.05, 0) is 19.9 Å². The minimum Gasteiger partial charge on any atom is -0.373 e. The van der Waals surface area contributed by atoms with Gasteiger partial charge in [-0.15, -0.1) is 0 Å². The van der Waals surface area contributed by atoms with Gasteiger partial charge in [0.25, 0.3) is 0 Å². The Labute approximate surface area is 79.8 Å². The monoisotopic (exact) mass is 179 g/mol. The molecule has 0 atom stereocenters. The molecule has 3 nitrogen and oxygen atoms in total. The quantitative estimate of drug-likeness (QED) is 0.769. The van der Waals surface area contributed by atoms with Crippen LogP contribution in [0.2, 0.25) is 0 Å². The van der Waals surface area contributed by atoms with Crippen molar-refractivity contribution in [1.82, 2.24) is 4.98 Å². The van der Waals surface area contributed by atoms with Crippen molar-refractivity contribution >= 4 is 11.5 Å². The Balaban J connectivity index is 2.88. The van der Waals surface area contributed by atoms with Gasteiger partial charge in [0.15, 0.2) is 0 Å². The molecule has 1 aromatic heterocycles. The Morgan fingerprint density at radius 1 is 1.46 bits per heavy atom. The lowest BCUT2D eigenvalue weighted by atomic mass is 10.3. The van der Waals surface area contributed by atoms with Crippen LogP contribution < -0.4 is 10.2 Å². The van der Waals surface area contributed by atoms with Gasteiger partial charge in [-0.25, -0.2) is 4.98 Å². The average Bonchev–Trinajstić information content (AvgIpc) is 2.16. The second-order valence-electron chi connectivity index (χ2n) is 3.35. The Hall–Kier alpha value is -1.25. The van der Waals surface area contributed by atoms with Crippen LogP contribution in [0.5, 0.6) is 0 Å². The van der Waals surface area contributed by atoms with Crippen LogP contribution in [-0.4, -0.2) is 25.1 Å². The number of anilines is 2. The van der Waals surface area contributed by atoms with Crippen molar-refractivity contribution in [3.05, 3.63) is 18.3 Å². The van der Waals surface area contributed by atoms with Crippen LogP contribution in [-0.2, 0) is 0 Å². The molecule has 0 radical (unpaired) electrons. The molecule has 3 heteroatoms. The molecule has 72 valence electrons. The molecular formula is C10H17N3. The van der Waals surface area contributed by atoms with Crippen LogP contribution in [0.3, 0.4) is 0 Å². The molecule has 1 N–H and O–H groups in total. The molecule has 1 rings (SSSR count). The zero-order chi connectivity index (χ0) is 9.84. The molecule has 13 heavy (non-hydrogen) atoms. The van der Waals surface area contributed by atoms with Gasteiger partial charge in [-0.1, -0.05) is 0 Å². The molecule has 0 unspecified atom stereocenters. The van der Waals surface area contributed by atoms with Gasteiger partial charge in [-0.3, -0.25) is 0 Å². The van der Waals surface area contributed by atoms with Crippen molar-refractivity contribution in [2.24, 2.45) is 0 Å². The predicted octanol–water partition coefficient (Wildman–Crippen LogP) is 1.97. The number of aromatic nitrogens is 1. The van der Waals surface area contributed by atoms with E-state index < -0.39 is 0 Å². The molecular weight excluding hydrogens is 162 g/mol. The minimum atomic E-state index is 0.507. The van der Waals surface area contributed by atoms with Gasteiger partial charge >= 0.3 is 0 Å². The lowest BCUT2D eigenvalue weighted by Gasteiger charge is -2.23. The molecule has 0 saturated heterocycles.